The van der Waals surface area contributed by atoms with Crippen molar-refractivity contribution in [3.63, 3.8) is 0 Å². The lowest BCUT2D eigenvalue weighted by Gasteiger charge is -2.27. The highest BCUT2D eigenvalue weighted by atomic mass is 16.7. The molecule has 1 fully saturated rings. The second-order valence-electron chi connectivity index (χ2n) is 4.03. The third kappa shape index (κ3) is 3.88. The maximum Gasteiger partial charge on any atom is 0.201 e. The van der Waals surface area contributed by atoms with Crippen LogP contribution in [0.3, 0.4) is 0 Å². The molecule has 0 saturated carbocycles. The molecule has 92 valence electrons. The Morgan fingerprint density at radius 2 is 2.12 bits per heavy atom. The molecular weight excluding hydrogens is 216 g/mol. The number of rotatable bonds is 4. The molecule has 0 bridgehead atoms. The van der Waals surface area contributed by atoms with Gasteiger partial charge in [0.2, 0.25) is 6.29 Å². The van der Waals surface area contributed by atoms with Gasteiger partial charge in [-0.05, 0) is 18.1 Å². The fourth-order valence-electron chi connectivity index (χ4n) is 1.81. The summed E-state index contributed by atoms with van der Waals surface area (Å²) in [5, 5.41) is 0. The zero-order valence-corrected chi connectivity index (χ0v) is 10.0. The fourth-order valence-corrected chi connectivity index (χ4v) is 1.81. The van der Waals surface area contributed by atoms with Gasteiger partial charge in [0.05, 0.1) is 19.0 Å². The van der Waals surface area contributed by atoms with Crippen LogP contribution in [-0.4, -0.2) is 26.1 Å². The van der Waals surface area contributed by atoms with Crippen LogP contribution in [0.25, 0.3) is 6.08 Å². The third-order valence-electron chi connectivity index (χ3n) is 2.82. The van der Waals surface area contributed by atoms with Crippen molar-refractivity contribution in [2.75, 3.05) is 13.7 Å². The molecule has 2 rings (SSSR count). The molecule has 1 aliphatic heterocycles. The molecule has 17 heavy (non-hydrogen) atoms. The second-order valence-corrected chi connectivity index (χ2v) is 4.03. The van der Waals surface area contributed by atoms with Crippen molar-refractivity contribution in [1.82, 2.24) is 0 Å². The summed E-state index contributed by atoms with van der Waals surface area (Å²) in [6.45, 7) is 0.697. The predicted octanol–water partition coefficient (Wildman–Crippen LogP) is 2.83. The molecule has 1 aromatic carbocycles. The van der Waals surface area contributed by atoms with Crippen LogP contribution in [0.2, 0.25) is 0 Å². The van der Waals surface area contributed by atoms with Crippen molar-refractivity contribution in [2.24, 2.45) is 0 Å². The van der Waals surface area contributed by atoms with Gasteiger partial charge in [-0.3, -0.25) is 0 Å². The zero-order chi connectivity index (χ0) is 11.9. The molecule has 1 saturated heterocycles. The maximum absolute atomic E-state index is 5.54. The van der Waals surface area contributed by atoms with Crippen LogP contribution in [0, 0.1) is 0 Å². The first-order valence-corrected chi connectivity index (χ1v) is 5.90. The number of hydrogen-bond donors (Lipinski definition) is 0. The molecule has 3 heteroatoms. The van der Waals surface area contributed by atoms with E-state index in [-0.39, 0.29) is 12.4 Å². The van der Waals surface area contributed by atoms with E-state index >= 15 is 0 Å². The van der Waals surface area contributed by atoms with Gasteiger partial charge >= 0.3 is 0 Å². The molecule has 0 aliphatic carbocycles. The number of hydrogen-bond acceptors (Lipinski definition) is 3. The average Bonchev–Trinajstić information content (AvgIpc) is 2.40. The van der Waals surface area contributed by atoms with E-state index in [1.807, 2.05) is 36.4 Å². The van der Waals surface area contributed by atoms with Crippen LogP contribution in [0.4, 0.5) is 0 Å². The number of benzene rings is 1. The van der Waals surface area contributed by atoms with Gasteiger partial charge < -0.3 is 14.2 Å². The summed E-state index contributed by atoms with van der Waals surface area (Å²) >= 11 is 0. The summed E-state index contributed by atoms with van der Waals surface area (Å²) in [7, 11) is 1.73. The summed E-state index contributed by atoms with van der Waals surface area (Å²) in [4.78, 5) is 0. The molecule has 2 atom stereocenters. The molecule has 1 aliphatic rings. The van der Waals surface area contributed by atoms with E-state index in [0.717, 1.165) is 18.4 Å². The minimum atomic E-state index is -0.186. The third-order valence-corrected chi connectivity index (χ3v) is 2.82. The number of ether oxygens (including phenoxy) is 3. The van der Waals surface area contributed by atoms with E-state index in [1.54, 1.807) is 13.4 Å². The summed E-state index contributed by atoms with van der Waals surface area (Å²) in [6, 6.07) is 10.0. The van der Waals surface area contributed by atoms with Crippen LogP contribution >= 0.6 is 0 Å². The lowest BCUT2D eigenvalue weighted by atomic mass is 10.1. The van der Waals surface area contributed by atoms with Gasteiger partial charge in [-0.15, -0.1) is 0 Å². The van der Waals surface area contributed by atoms with Crippen LogP contribution in [-0.2, 0) is 14.2 Å². The Morgan fingerprint density at radius 3 is 2.88 bits per heavy atom. The lowest BCUT2D eigenvalue weighted by Crippen LogP contribution is -2.30. The molecule has 0 amide bonds. The van der Waals surface area contributed by atoms with E-state index in [2.05, 4.69) is 0 Å². The first kappa shape index (κ1) is 12.1. The van der Waals surface area contributed by atoms with E-state index in [0.29, 0.717) is 6.61 Å². The van der Waals surface area contributed by atoms with Gasteiger partial charge in [0.1, 0.15) is 0 Å². The Hall–Kier alpha value is -1.32. The van der Waals surface area contributed by atoms with Crippen molar-refractivity contribution in [3.05, 3.63) is 42.2 Å². The van der Waals surface area contributed by atoms with Crippen LogP contribution in [0.1, 0.15) is 18.4 Å². The van der Waals surface area contributed by atoms with Gasteiger partial charge in [0.15, 0.2) is 0 Å². The molecule has 0 spiro atoms. The summed E-state index contributed by atoms with van der Waals surface area (Å²) in [5.41, 5.74) is 1.12. The molecule has 0 radical (unpaired) electrons. The van der Waals surface area contributed by atoms with Gasteiger partial charge in [-0.2, -0.15) is 0 Å². The van der Waals surface area contributed by atoms with Crippen molar-refractivity contribution < 1.29 is 14.2 Å². The predicted molar refractivity (Wildman–Crippen MR) is 66.3 cm³/mol. The molecule has 3 nitrogen and oxygen atoms in total. The monoisotopic (exact) mass is 234 g/mol. The van der Waals surface area contributed by atoms with Crippen molar-refractivity contribution in [1.29, 1.82) is 0 Å². The second kappa shape index (κ2) is 6.42. The minimum Gasteiger partial charge on any atom is -0.472 e. The normalized spacial score (nSPS) is 25.0. The average molecular weight is 234 g/mol. The van der Waals surface area contributed by atoms with E-state index in [9.17, 15) is 0 Å². The smallest absolute Gasteiger partial charge is 0.201 e. The fraction of sp³-hybridized carbons (Fsp3) is 0.429. The maximum atomic E-state index is 5.54. The highest BCUT2D eigenvalue weighted by molar-refractivity contribution is 5.47. The molecular formula is C14H18O3. The van der Waals surface area contributed by atoms with Crippen LogP contribution in [0.15, 0.2) is 36.6 Å². The van der Waals surface area contributed by atoms with Crippen molar-refractivity contribution in [3.8, 4) is 0 Å². The Labute approximate surface area is 102 Å². The molecule has 2 unspecified atom stereocenters. The molecule has 1 heterocycles. The Bertz CT molecular complexity index is 348. The first-order valence-electron chi connectivity index (χ1n) is 5.90. The van der Waals surface area contributed by atoms with Crippen LogP contribution in [0.5, 0.6) is 0 Å². The highest BCUT2D eigenvalue weighted by Crippen LogP contribution is 2.17. The molecule has 0 aromatic heterocycles. The van der Waals surface area contributed by atoms with Crippen molar-refractivity contribution in [2.45, 2.75) is 25.2 Å². The summed E-state index contributed by atoms with van der Waals surface area (Å²) < 4.78 is 16.3. The topological polar surface area (TPSA) is 27.7 Å². The van der Waals surface area contributed by atoms with Gasteiger partial charge in [0, 0.05) is 13.5 Å². The molecule has 0 N–H and O–H groups in total. The summed E-state index contributed by atoms with van der Waals surface area (Å²) in [5.74, 6) is 0. The Morgan fingerprint density at radius 1 is 1.29 bits per heavy atom. The largest absolute Gasteiger partial charge is 0.472 e. The Kier molecular flexibility index (Phi) is 4.59. The highest BCUT2D eigenvalue weighted by Gasteiger charge is 2.22. The lowest BCUT2D eigenvalue weighted by molar-refractivity contribution is -0.162. The SMILES string of the molecule is COC1CCOC(OC=Cc2ccccc2)C1. The standard InChI is InChI=1S/C14H18O3/c1-15-13-8-10-17-14(11-13)16-9-7-12-5-3-2-4-6-12/h2-7,9,13-14H,8,10-11H2,1H3. The van der Waals surface area contributed by atoms with E-state index < -0.39 is 0 Å². The first-order chi connectivity index (χ1) is 8.38. The zero-order valence-electron chi connectivity index (χ0n) is 10.0. The number of methoxy groups -OCH3 is 1. The quantitative estimate of drug-likeness (QED) is 0.750. The minimum absolute atomic E-state index is 0.186. The van der Waals surface area contributed by atoms with E-state index in [4.69, 9.17) is 14.2 Å². The van der Waals surface area contributed by atoms with E-state index in [1.165, 1.54) is 0 Å². The van der Waals surface area contributed by atoms with Gasteiger partial charge in [-0.25, -0.2) is 0 Å². The van der Waals surface area contributed by atoms with Crippen molar-refractivity contribution >= 4 is 6.08 Å². The molecule has 1 aromatic rings. The van der Waals surface area contributed by atoms with Gasteiger partial charge in [0.25, 0.3) is 0 Å². The van der Waals surface area contributed by atoms with Gasteiger partial charge in [-0.1, -0.05) is 30.3 Å². The van der Waals surface area contributed by atoms with Crippen LogP contribution < -0.4 is 0 Å². The Balaban J connectivity index is 1.80. The summed E-state index contributed by atoms with van der Waals surface area (Å²) in [6.07, 6.45) is 5.42.